The predicted molar refractivity (Wildman–Crippen MR) is 89.7 cm³/mol. The number of anilines is 1. The average molecular weight is 411 g/mol. The van der Waals surface area contributed by atoms with E-state index in [0.29, 0.717) is 0 Å². The number of nitrogens with two attached hydrogens (primary N) is 2. The van der Waals surface area contributed by atoms with Crippen LogP contribution in [0.5, 0.6) is 0 Å². The van der Waals surface area contributed by atoms with Crippen molar-refractivity contribution in [3.63, 3.8) is 0 Å². The van der Waals surface area contributed by atoms with Crippen LogP contribution in [0.15, 0.2) is 40.9 Å². The minimum Gasteiger partial charge on any atom is -0.399 e. The summed E-state index contributed by atoms with van der Waals surface area (Å²) in [5.41, 5.74) is 13.9. The van der Waals surface area contributed by atoms with Crippen LogP contribution in [0.25, 0.3) is 5.57 Å². The van der Waals surface area contributed by atoms with E-state index in [9.17, 15) is 0 Å². The first-order chi connectivity index (χ1) is 8.47. The van der Waals surface area contributed by atoms with E-state index in [1.807, 2.05) is 36.4 Å². The summed E-state index contributed by atoms with van der Waals surface area (Å²) in [4.78, 5) is -0.109. The van der Waals surface area contributed by atoms with Crippen molar-refractivity contribution < 1.29 is 4.74 Å². The second kappa shape index (κ2) is 6.41. The van der Waals surface area contributed by atoms with Crippen molar-refractivity contribution in [1.29, 1.82) is 0 Å². The minimum absolute atomic E-state index is 0. The van der Waals surface area contributed by atoms with Gasteiger partial charge >= 0.3 is 0 Å². The number of methoxy groups -OCH3 is 1. The molecule has 0 fully saturated rings. The predicted octanol–water partition coefficient (Wildman–Crippen LogP) is 3.43. The van der Waals surface area contributed by atoms with Crippen molar-refractivity contribution in [2.75, 3.05) is 12.8 Å². The second-order valence-corrected chi connectivity index (χ2v) is 5.98. The normalized spacial score (nSPS) is 26.2. The van der Waals surface area contributed by atoms with Gasteiger partial charge in [-0.3, -0.25) is 5.73 Å². The lowest BCUT2D eigenvalue weighted by Gasteiger charge is -2.34. The van der Waals surface area contributed by atoms with Crippen molar-refractivity contribution in [2.24, 2.45) is 5.73 Å². The minimum atomic E-state index is -0.864. The lowest BCUT2D eigenvalue weighted by molar-refractivity contribution is 0.0431. The van der Waals surface area contributed by atoms with Gasteiger partial charge in [-0.05, 0) is 29.3 Å². The molecule has 0 amide bonds. The van der Waals surface area contributed by atoms with Crippen LogP contribution in [0.2, 0.25) is 0 Å². The molecule has 19 heavy (non-hydrogen) atoms. The van der Waals surface area contributed by atoms with Gasteiger partial charge in [-0.2, -0.15) is 0 Å². The largest absolute Gasteiger partial charge is 0.399 e. The average Bonchev–Trinajstić information content (AvgIpc) is 2.36. The van der Waals surface area contributed by atoms with E-state index in [4.69, 9.17) is 16.2 Å². The van der Waals surface area contributed by atoms with Gasteiger partial charge in [0.05, 0.1) is 4.83 Å². The van der Waals surface area contributed by atoms with Gasteiger partial charge in [0.15, 0.2) is 5.72 Å². The number of benzene rings is 1. The Morgan fingerprint density at radius 3 is 2.32 bits per heavy atom. The van der Waals surface area contributed by atoms with Gasteiger partial charge in [0.1, 0.15) is 0 Å². The molecule has 6 heteroatoms. The van der Waals surface area contributed by atoms with Gasteiger partial charge in [-0.25, -0.2) is 0 Å². The summed E-state index contributed by atoms with van der Waals surface area (Å²) in [6, 6.07) is 7.71. The number of allylic oxidation sites excluding steroid dienone is 2. The fourth-order valence-electron chi connectivity index (χ4n) is 1.78. The highest BCUT2D eigenvalue weighted by Gasteiger charge is 2.38. The Labute approximate surface area is 135 Å². The summed E-state index contributed by atoms with van der Waals surface area (Å²) >= 11 is 7.02. The molecule has 0 saturated heterocycles. The molecule has 0 aliphatic heterocycles. The molecule has 0 spiro atoms. The smallest absolute Gasteiger partial charge is 0.165 e. The van der Waals surface area contributed by atoms with Gasteiger partial charge in [0.2, 0.25) is 0 Å². The van der Waals surface area contributed by atoms with E-state index >= 15 is 0 Å². The number of hydrogen-bond acceptors (Lipinski definition) is 3. The molecular weight excluding hydrogens is 395 g/mol. The van der Waals surface area contributed by atoms with Crippen LogP contribution >= 0.6 is 44.3 Å². The van der Waals surface area contributed by atoms with Gasteiger partial charge in [-0.1, -0.05) is 50.1 Å². The maximum absolute atomic E-state index is 6.16. The molecule has 2 rings (SSSR count). The molecule has 0 radical (unpaired) electrons. The Balaban J connectivity index is 0.00000180. The van der Waals surface area contributed by atoms with Crippen LogP contribution in [-0.2, 0) is 4.74 Å². The van der Waals surface area contributed by atoms with Crippen LogP contribution < -0.4 is 11.5 Å². The van der Waals surface area contributed by atoms with Crippen LogP contribution in [0, 0.1) is 0 Å². The first kappa shape index (κ1) is 16.7. The fourth-order valence-corrected chi connectivity index (χ4v) is 3.46. The summed E-state index contributed by atoms with van der Waals surface area (Å²) in [5, 5.41) is 0. The molecular formula is C13H15Br2ClN2O. The molecule has 1 aromatic carbocycles. The van der Waals surface area contributed by atoms with Crippen molar-refractivity contribution in [2.45, 2.75) is 10.6 Å². The number of rotatable bonds is 2. The lowest BCUT2D eigenvalue weighted by atomic mass is 9.95. The zero-order valence-electron chi connectivity index (χ0n) is 10.3. The molecule has 104 valence electrons. The van der Waals surface area contributed by atoms with Gasteiger partial charge in [-0.15, -0.1) is 12.4 Å². The second-order valence-electron chi connectivity index (χ2n) is 4.14. The van der Waals surface area contributed by atoms with E-state index in [0.717, 1.165) is 21.3 Å². The van der Waals surface area contributed by atoms with Crippen LogP contribution in [0.4, 0.5) is 5.69 Å². The first-order valence-corrected chi connectivity index (χ1v) is 7.11. The summed E-state index contributed by atoms with van der Waals surface area (Å²) < 4.78 is 6.16. The number of halogens is 3. The molecule has 1 aliphatic carbocycles. The van der Waals surface area contributed by atoms with E-state index in [2.05, 4.69) is 31.9 Å². The number of ether oxygens (including phenoxy) is 1. The summed E-state index contributed by atoms with van der Waals surface area (Å²) in [5.74, 6) is 0. The van der Waals surface area contributed by atoms with Crippen molar-refractivity contribution >= 4 is 55.5 Å². The third kappa shape index (κ3) is 3.23. The Morgan fingerprint density at radius 1 is 1.26 bits per heavy atom. The van der Waals surface area contributed by atoms with Crippen molar-refractivity contribution in [3.8, 4) is 0 Å². The van der Waals surface area contributed by atoms with Crippen LogP contribution in [-0.4, -0.2) is 17.7 Å². The molecule has 2 unspecified atom stereocenters. The third-order valence-corrected chi connectivity index (χ3v) is 4.77. The standard InChI is InChI=1S/C13H14Br2N2O.ClH/c1-18-13(17)11(14)6-9(7-12(13)15)8-2-4-10(16)5-3-8;/h2-7,11H,16-17H2,1H3;1H. The van der Waals surface area contributed by atoms with E-state index < -0.39 is 5.72 Å². The Kier molecular flexibility index (Phi) is 5.65. The van der Waals surface area contributed by atoms with Crippen LogP contribution in [0.1, 0.15) is 5.56 Å². The van der Waals surface area contributed by atoms with Crippen molar-refractivity contribution in [1.82, 2.24) is 0 Å². The van der Waals surface area contributed by atoms with Gasteiger partial charge in [0.25, 0.3) is 0 Å². The number of alkyl halides is 1. The third-order valence-electron chi connectivity index (χ3n) is 2.97. The lowest BCUT2D eigenvalue weighted by Crippen LogP contribution is -2.50. The fraction of sp³-hybridized carbons (Fsp3) is 0.231. The molecule has 4 N–H and O–H groups in total. The van der Waals surface area contributed by atoms with Crippen LogP contribution in [0.3, 0.4) is 0 Å². The molecule has 2 atom stereocenters. The molecule has 0 heterocycles. The molecule has 0 aromatic heterocycles. The molecule has 1 aliphatic rings. The SMILES string of the molecule is COC1(N)C(Br)=CC(c2ccc(N)cc2)=CC1Br.Cl. The zero-order chi connectivity index (χ0) is 13.3. The number of hydrogen-bond donors (Lipinski definition) is 2. The Bertz CT molecular complexity index is 516. The van der Waals surface area contributed by atoms with Crippen molar-refractivity contribution in [3.05, 3.63) is 46.5 Å². The number of nitrogen functional groups attached to an aromatic ring is 1. The summed E-state index contributed by atoms with van der Waals surface area (Å²) in [6.07, 6.45) is 3.99. The van der Waals surface area contributed by atoms with Gasteiger partial charge in [0, 0.05) is 17.3 Å². The monoisotopic (exact) mass is 408 g/mol. The maximum atomic E-state index is 6.16. The summed E-state index contributed by atoms with van der Waals surface area (Å²) in [6.45, 7) is 0. The molecule has 0 saturated carbocycles. The highest BCUT2D eigenvalue weighted by Crippen LogP contribution is 2.38. The Hall–Kier alpha value is -0.330. The highest BCUT2D eigenvalue weighted by atomic mass is 79.9. The quantitative estimate of drug-likeness (QED) is 0.446. The van der Waals surface area contributed by atoms with E-state index in [-0.39, 0.29) is 17.2 Å². The van der Waals surface area contributed by atoms with E-state index in [1.165, 1.54) is 0 Å². The first-order valence-electron chi connectivity index (χ1n) is 5.41. The molecule has 0 bridgehead atoms. The topological polar surface area (TPSA) is 61.3 Å². The van der Waals surface area contributed by atoms with Gasteiger partial charge < -0.3 is 10.5 Å². The van der Waals surface area contributed by atoms with E-state index in [1.54, 1.807) is 7.11 Å². The summed E-state index contributed by atoms with van der Waals surface area (Å²) in [7, 11) is 1.59. The Morgan fingerprint density at radius 2 is 1.84 bits per heavy atom. The maximum Gasteiger partial charge on any atom is 0.165 e. The highest BCUT2D eigenvalue weighted by molar-refractivity contribution is 9.12. The molecule has 3 nitrogen and oxygen atoms in total. The molecule has 1 aromatic rings. The zero-order valence-corrected chi connectivity index (χ0v) is 14.3.